The summed E-state index contributed by atoms with van der Waals surface area (Å²) >= 11 is 4.43. The third-order valence-electron chi connectivity index (χ3n) is 3.68. The minimum Gasteiger partial charge on any atom is -0.298 e. The van der Waals surface area contributed by atoms with E-state index in [-0.39, 0.29) is 0 Å². The van der Waals surface area contributed by atoms with Crippen LogP contribution in [0.1, 0.15) is 46.5 Å². The van der Waals surface area contributed by atoms with E-state index in [1.54, 1.807) is 0 Å². The van der Waals surface area contributed by atoms with Crippen molar-refractivity contribution >= 4 is 12.6 Å². The SMILES string of the molecule is CCC(CS)CN1[C@H](C)CCC[C@@H]1C. The summed E-state index contributed by atoms with van der Waals surface area (Å²) < 4.78 is 0. The van der Waals surface area contributed by atoms with Crippen LogP contribution in [0, 0.1) is 5.92 Å². The van der Waals surface area contributed by atoms with Crippen LogP contribution in [-0.4, -0.2) is 29.3 Å². The van der Waals surface area contributed by atoms with Gasteiger partial charge in [-0.3, -0.25) is 4.90 Å². The molecule has 84 valence electrons. The molecule has 2 heteroatoms. The molecule has 0 aromatic heterocycles. The smallest absolute Gasteiger partial charge is 0.00698 e. The Hall–Kier alpha value is 0.310. The quantitative estimate of drug-likeness (QED) is 0.705. The molecule has 1 aliphatic heterocycles. The molecule has 0 saturated carbocycles. The van der Waals surface area contributed by atoms with Crippen molar-refractivity contribution in [3.8, 4) is 0 Å². The van der Waals surface area contributed by atoms with Crippen molar-refractivity contribution in [3.63, 3.8) is 0 Å². The van der Waals surface area contributed by atoms with Crippen LogP contribution in [0.4, 0.5) is 0 Å². The highest BCUT2D eigenvalue weighted by Gasteiger charge is 2.25. The van der Waals surface area contributed by atoms with E-state index in [9.17, 15) is 0 Å². The summed E-state index contributed by atoms with van der Waals surface area (Å²) in [5, 5.41) is 0. The second kappa shape index (κ2) is 6.02. The molecule has 0 aromatic carbocycles. The zero-order valence-electron chi connectivity index (χ0n) is 9.87. The van der Waals surface area contributed by atoms with Crippen molar-refractivity contribution < 1.29 is 0 Å². The van der Waals surface area contributed by atoms with Gasteiger partial charge in [0.1, 0.15) is 0 Å². The highest BCUT2D eigenvalue weighted by atomic mass is 32.1. The molecule has 0 bridgehead atoms. The van der Waals surface area contributed by atoms with Crippen molar-refractivity contribution in [2.75, 3.05) is 12.3 Å². The van der Waals surface area contributed by atoms with Gasteiger partial charge < -0.3 is 0 Å². The molecule has 1 fully saturated rings. The van der Waals surface area contributed by atoms with Gasteiger partial charge in [0.25, 0.3) is 0 Å². The lowest BCUT2D eigenvalue weighted by molar-refractivity contribution is 0.0871. The molecule has 0 amide bonds. The molecule has 0 radical (unpaired) electrons. The first-order chi connectivity index (χ1) is 6.69. The van der Waals surface area contributed by atoms with Gasteiger partial charge in [-0.05, 0) is 38.4 Å². The Morgan fingerprint density at radius 1 is 1.29 bits per heavy atom. The zero-order chi connectivity index (χ0) is 10.6. The van der Waals surface area contributed by atoms with Crippen LogP contribution in [0.3, 0.4) is 0 Å². The van der Waals surface area contributed by atoms with E-state index in [0.29, 0.717) is 0 Å². The first-order valence-electron chi connectivity index (χ1n) is 6.05. The Kier molecular flexibility index (Phi) is 5.32. The van der Waals surface area contributed by atoms with Crippen molar-refractivity contribution in [2.45, 2.75) is 58.5 Å². The van der Waals surface area contributed by atoms with Crippen molar-refractivity contribution in [2.24, 2.45) is 5.92 Å². The lowest BCUT2D eigenvalue weighted by Gasteiger charge is -2.40. The van der Waals surface area contributed by atoms with Crippen molar-refractivity contribution in [1.82, 2.24) is 4.90 Å². The van der Waals surface area contributed by atoms with Crippen molar-refractivity contribution in [1.29, 1.82) is 0 Å². The van der Waals surface area contributed by atoms with Gasteiger partial charge in [0, 0.05) is 18.6 Å². The van der Waals surface area contributed by atoms with E-state index in [1.165, 1.54) is 32.2 Å². The van der Waals surface area contributed by atoms with Gasteiger partial charge in [0.05, 0.1) is 0 Å². The van der Waals surface area contributed by atoms with Gasteiger partial charge in [-0.2, -0.15) is 12.6 Å². The van der Waals surface area contributed by atoms with Crippen LogP contribution in [0.25, 0.3) is 0 Å². The van der Waals surface area contributed by atoms with E-state index in [4.69, 9.17) is 0 Å². The molecule has 0 aromatic rings. The normalized spacial score (nSPS) is 31.7. The standard InChI is InChI=1S/C12H25NS/c1-4-12(9-14)8-13-10(2)6-5-7-11(13)3/h10-12,14H,4-9H2,1-3H3/t10-,11+,12?. The fourth-order valence-electron chi connectivity index (χ4n) is 2.45. The number of thiol groups is 1. The molecule has 1 saturated heterocycles. The summed E-state index contributed by atoms with van der Waals surface area (Å²) in [5.74, 6) is 1.81. The number of nitrogens with zero attached hydrogens (tertiary/aromatic N) is 1. The predicted octanol–water partition coefficient (Wildman–Crippen LogP) is 3.21. The predicted molar refractivity (Wildman–Crippen MR) is 67.1 cm³/mol. The number of rotatable bonds is 4. The number of hydrogen-bond acceptors (Lipinski definition) is 2. The average Bonchev–Trinajstić information content (AvgIpc) is 2.18. The number of piperidine rings is 1. The summed E-state index contributed by atoms with van der Waals surface area (Å²) in [6.45, 7) is 8.28. The summed E-state index contributed by atoms with van der Waals surface area (Å²) in [5.41, 5.74) is 0. The van der Waals surface area contributed by atoms with Gasteiger partial charge in [0.15, 0.2) is 0 Å². The van der Waals surface area contributed by atoms with Crippen LogP contribution in [0.2, 0.25) is 0 Å². The van der Waals surface area contributed by atoms with E-state index < -0.39 is 0 Å². The van der Waals surface area contributed by atoms with Gasteiger partial charge in [-0.1, -0.05) is 19.8 Å². The molecule has 3 atom stereocenters. The third-order valence-corrected chi connectivity index (χ3v) is 4.20. The van der Waals surface area contributed by atoms with Crippen LogP contribution in [0.5, 0.6) is 0 Å². The maximum atomic E-state index is 4.43. The average molecular weight is 215 g/mol. The van der Waals surface area contributed by atoms with Gasteiger partial charge in [-0.25, -0.2) is 0 Å². The van der Waals surface area contributed by atoms with E-state index in [2.05, 4.69) is 38.3 Å². The lowest BCUT2D eigenvalue weighted by Crippen LogP contribution is -2.46. The molecule has 0 N–H and O–H groups in total. The maximum Gasteiger partial charge on any atom is 0.00698 e. The minimum absolute atomic E-state index is 0.779. The first kappa shape index (κ1) is 12.4. The number of likely N-dealkylation sites (tertiary alicyclic amines) is 1. The largest absolute Gasteiger partial charge is 0.298 e. The maximum absolute atomic E-state index is 4.43. The molecule has 0 spiro atoms. The zero-order valence-corrected chi connectivity index (χ0v) is 10.8. The van der Waals surface area contributed by atoms with Crippen LogP contribution in [0.15, 0.2) is 0 Å². The van der Waals surface area contributed by atoms with E-state index in [1.807, 2.05) is 0 Å². The fraction of sp³-hybridized carbons (Fsp3) is 1.00. The molecule has 1 heterocycles. The molecule has 1 aliphatic rings. The second-order valence-corrected chi connectivity index (χ2v) is 5.15. The van der Waals surface area contributed by atoms with Crippen LogP contribution >= 0.6 is 12.6 Å². The summed E-state index contributed by atoms with van der Waals surface area (Å²) in [6.07, 6.45) is 5.44. The Balaban J connectivity index is 2.46. The molecule has 14 heavy (non-hydrogen) atoms. The van der Waals surface area contributed by atoms with Crippen LogP contribution < -0.4 is 0 Å². The molecular formula is C12H25NS. The highest BCUT2D eigenvalue weighted by Crippen LogP contribution is 2.24. The van der Waals surface area contributed by atoms with Gasteiger partial charge in [0.2, 0.25) is 0 Å². The molecular weight excluding hydrogens is 190 g/mol. The third kappa shape index (κ3) is 3.16. The topological polar surface area (TPSA) is 3.24 Å². The molecule has 1 unspecified atom stereocenters. The summed E-state index contributed by atoms with van der Waals surface area (Å²) in [4.78, 5) is 2.69. The second-order valence-electron chi connectivity index (χ2n) is 4.78. The number of hydrogen-bond donors (Lipinski definition) is 1. The first-order valence-corrected chi connectivity index (χ1v) is 6.68. The Morgan fingerprint density at radius 2 is 1.86 bits per heavy atom. The molecule has 1 nitrogen and oxygen atoms in total. The summed E-state index contributed by atoms with van der Waals surface area (Å²) in [6, 6.07) is 1.57. The lowest BCUT2D eigenvalue weighted by atomic mass is 9.95. The summed E-state index contributed by atoms with van der Waals surface area (Å²) in [7, 11) is 0. The fourth-order valence-corrected chi connectivity index (χ4v) is 2.82. The van der Waals surface area contributed by atoms with Gasteiger partial charge in [-0.15, -0.1) is 0 Å². The van der Waals surface area contributed by atoms with Crippen molar-refractivity contribution in [3.05, 3.63) is 0 Å². The highest BCUT2D eigenvalue weighted by molar-refractivity contribution is 7.80. The Labute approximate surface area is 94.7 Å². The van der Waals surface area contributed by atoms with E-state index in [0.717, 1.165) is 23.8 Å². The Morgan fingerprint density at radius 3 is 2.29 bits per heavy atom. The van der Waals surface area contributed by atoms with Crippen LogP contribution in [-0.2, 0) is 0 Å². The molecule has 1 rings (SSSR count). The molecule has 0 aliphatic carbocycles. The minimum atomic E-state index is 0.779. The monoisotopic (exact) mass is 215 g/mol. The van der Waals surface area contributed by atoms with E-state index >= 15 is 0 Å². The van der Waals surface area contributed by atoms with Gasteiger partial charge >= 0.3 is 0 Å². The Bertz CT molecular complexity index is 146.